The Morgan fingerprint density at radius 3 is 0.896 bits per heavy atom. The Morgan fingerprint density at radius 2 is 0.562 bits per heavy atom. The molecule has 96 heavy (non-hydrogen) atoms. The van der Waals surface area contributed by atoms with Crippen molar-refractivity contribution < 1.29 is 53.9 Å². The number of hydrogen-bond donors (Lipinski definition) is 2. The Hall–Kier alpha value is -10.2. The fraction of sp³-hybridized carbons (Fsp3) is 0.0241. The zero-order chi connectivity index (χ0) is 63.7. The predicted molar refractivity (Wildman–Crippen MR) is 395 cm³/mol. The van der Waals surface area contributed by atoms with Crippen molar-refractivity contribution in [1.29, 1.82) is 0 Å². The monoisotopic (exact) mass is 1400 g/mol. The normalized spacial score (nSPS) is 10.7. The zero-order valence-corrected chi connectivity index (χ0v) is 61.2. The number of nitrogens with zero attached hydrogens (tertiary/aromatic N) is 5. The van der Waals surface area contributed by atoms with Crippen molar-refractivity contribution in [3.05, 3.63) is 327 Å². The second-order valence-corrected chi connectivity index (χ2v) is 25.4. The number of aromatic nitrogens is 3. The van der Waals surface area contributed by atoms with Crippen LogP contribution in [0.1, 0.15) is 5.56 Å². The van der Waals surface area contributed by atoms with E-state index in [0.717, 1.165) is 120 Å². The number of aromatic hydroxyl groups is 2. The summed E-state index contributed by atoms with van der Waals surface area (Å²) in [6, 6.07) is 109. The predicted octanol–water partition coefficient (Wildman–Crippen LogP) is 23.6. The number of phenolic OH excluding ortho intramolecular Hbond substituents is 2. The third-order valence-corrected chi connectivity index (χ3v) is 19.3. The number of anilines is 6. The third kappa shape index (κ3) is 14.7. The molecule has 0 radical (unpaired) electrons. The molecule has 458 valence electrons. The molecule has 0 atom stereocenters. The van der Waals surface area contributed by atoms with Crippen molar-refractivity contribution in [1.82, 2.24) is 15.0 Å². The number of phenols is 2. The molecule has 0 bridgehead atoms. The minimum atomic E-state index is 0. The van der Waals surface area contributed by atoms with Crippen molar-refractivity contribution in [2.24, 2.45) is 0 Å². The van der Waals surface area contributed by atoms with E-state index in [1.165, 1.54) is 21.4 Å². The van der Waals surface area contributed by atoms with E-state index >= 15 is 0 Å². The second-order valence-electron chi connectivity index (χ2n) is 22.3. The maximum absolute atomic E-state index is 10.6. The molecule has 13 heteroatoms. The van der Waals surface area contributed by atoms with Gasteiger partial charge in [0.2, 0.25) is 0 Å². The van der Waals surface area contributed by atoms with Gasteiger partial charge in [-0.2, -0.15) is 0 Å². The van der Waals surface area contributed by atoms with Gasteiger partial charge in [-0.05, 0) is 186 Å². The number of ether oxygens (including phenoxy) is 1. The molecule has 8 nitrogen and oxygen atoms in total. The van der Waals surface area contributed by atoms with E-state index < -0.39 is 0 Å². The van der Waals surface area contributed by atoms with Crippen LogP contribution in [0.25, 0.3) is 95.7 Å². The first kappa shape index (κ1) is 65.8. The number of para-hydroxylation sites is 7. The van der Waals surface area contributed by atoms with Gasteiger partial charge in [-0.1, -0.05) is 181 Å². The summed E-state index contributed by atoms with van der Waals surface area (Å²) in [5.41, 5.74) is 19.9. The fourth-order valence-corrected chi connectivity index (χ4v) is 14.3. The van der Waals surface area contributed by atoms with Crippen molar-refractivity contribution in [3.8, 4) is 82.3 Å². The van der Waals surface area contributed by atoms with Gasteiger partial charge in [-0.3, -0.25) is 0 Å². The van der Waals surface area contributed by atoms with Crippen LogP contribution in [0.15, 0.2) is 322 Å². The van der Waals surface area contributed by atoms with Crippen molar-refractivity contribution in [2.75, 3.05) is 16.9 Å². The average molecular weight is 1400 g/mol. The molecule has 3 heterocycles. The van der Waals surface area contributed by atoms with Gasteiger partial charge in [-0.25, -0.2) is 15.0 Å². The molecule has 0 aliphatic heterocycles. The number of methoxy groups -OCH3 is 1. The van der Waals surface area contributed by atoms with E-state index in [1.54, 1.807) is 53.3 Å². The second kappa shape index (κ2) is 30.5. The van der Waals surface area contributed by atoms with Gasteiger partial charge in [0, 0.05) is 73.1 Å². The Morgan fingerprint density at radius 1 is 0.292 bits per heavy atom. The Kier molecular flexibility index (Phi) is 20.9. The number of hydrogen-bond acceptors (Lipinski definition) is 11. The molecule has 0 saturated carbocycles. The number of rotatable bonds is 13. The minimum absolute atomic E-state index is 0. The number of benzene rings is 13. The molecule has 0 aliphatic carbocycles. The van der Waals surface area contributed by atoms with Crippen LogP contribution >= 0.6 is 34.0 Å². The van der Waals surface area contributed by atoms with Gasteiger partial charge in [0.1, 0.15) is 32.3 Å². The van der Waals surface area contributed by atoms with Crippen LogP contribution in [0.2, 0.25) is 0 Å². The maximum atomic E-state index is 10.6. The molecule has 16 rings (SSSR count). The van der Waals surface area contributed by atoms with E-state index in [4.69, 9.17) is 19.7 Å². The summed E-state index contributed by atoms with van der Waals surface area (Å²) in [6.45, 7) is 2.10. The van der Waals surface area contributed by atoms with Gasteiger partial charge < -0.3 is 24.7 Å². The minimum Gasteiger partial charge on any atom is -0.507 e. The summed E-state index contributed by atoms with van der Waals surface area (Å²) in [4.78, 5) is 18.7. The molecule has 0 spiro atoms. The van der Waals surface area contributed by atoms with Crippen LogP contribution in [-0.2, 0) is 39.0 Å². The van der Waals surface area contributed by atoms with Crippen LogP contribution in [-0.4, -0.2) is 32.3 Å². The summed E-state index contributed by atoms with van der Waals surface area (Å²) >= 11 is 4.88. The Bertz CT molecular complexity index is 4810. The molecule has 0 unspecified atom stereocenters. The Balaban J connectivity index is 0.000000139. The average Bonchev–Trinajstić information content (AvgIpc) is 1.35. The molecule has 0 amide bonds. The summed E-state index contributed by atoms with van der Waals surface area (Å²) in [5, 5.41) is 23.8. The smallest absolute Gasteiger partial charge is 0.129 e. The summed E-state index contributed by atoms with van der Waals surface area (Å²) in [5.74, 6) is 1.33. The summed E-state index contributed by atoms with van der Waals surface area (Å²) in [6.07, 6.45) is 0. The fourth-order valence-electron chi connectivity index (χ4n) is 11.3. The summed E-state index contributed by atoms with van der Waals surface area (Å²) < 4.78 is 8.98. The van der Waals surface area contributed by atoms with Crippen LogP contribution in [0.4, 0.5) is 34.1 Å². The first-order chi connectivity index (χ1) is 46.3. The van der Waals surface area contributed by atoms with E-state index in [2.05, 4.69) is 217 Å². The van der Waals surface area contributed by atoms with Gasteiger partial charge >= 0.3 is 0 Å². The number of thiazole rings is 3. The van der Waals surface area contributed by atoms with Crippen molar-refractivity contribution in [2.45, 2.75) is 6.92 Å². The van der Waals surface area contributed by atoms with Crippen molar-refractivity contribution in [3.63, 3.8) is 0 Å². The zero-order valence-electron chi connectivity index (χ0n) is 52.8. The molecule has 0 fully saturated rings. The quantitative estimate of drug-likeness (QED) is 0.110. The summed E-state index contributed by atoms with van der Waals surface area (Å²) in [7, 11) is 1.71. The standard InChI is InChI=1S/2C31H22N2OS.C21H17NOS.2Zn/c2*34-29-20-17-23(21-27(29)31-32-28-13-7-8-14-30(28)35-31)22-15-18-26(19-16-22)33(24-9-3-1-4-10-24)25-11-5-2-6-12-25;1-14-7-9-15(10-8-14)16-11-12-19(23-2)17(13-16)21-22-18-5-3-4-6-20(18)24-21;;/h2*1-21,34H;3-13H,1-2H3;;. The molecule has 2 N–H and O–H groups in total. The van der Waals surface area contributed by atoms with E-state index in [0.29, 0.717) is 0 Å². The van der Waals surface area contributed by atoms with Crippen LogP contribution in [0.3, 0.4) is 0 Å². The molecule has 13 aromatic carbocycles. The van der Waals surface area contributed by atoms with Crippen LogP contribution < -0.4 is 14.5 Å². The molecule has 3 aromatic heterocycles. The largest absolute Gasteiger partial charge is 0.507 e. The van der Waals surface area contributed by atoms with E-state index in [1.807, 2.05) is 109 Å². The SMILES string of the molecule is COc1ccc(-c2ccc(C)cc2)cc1-c1nc2ccccc2s1.Oc1ccc(-c2ccc(N(c3ccccc3)c3ccccc3)cc2)cc1-c1nc2ccccc2s1.Oc1ccc(-c2ccc(N(c3ccccc3)c3ccccc3)cc2)cc1-c1nc2ccccc2s1.[Zn].[Zn]. The van der Waals surface area contributed by atoms with E-state index in [9.17, 15) is 10.2 Å². The first-order valence-corrected chi connectivity index (χ1v) is 33.2. The van der Waals surface area contributed by atoms with Gasteiger partial charge in [-0.15, -0.1) is 34.0 Å². The molecular weight excluding hydrogens is 1340 g/mol. The Labute approximate surface area is 595 Å². The van der Waals surface area contributed by atoms with Crippen LogP contribution in [0.5, 0.6) is 17.2 Å². The maximum Gasteiger partial charge on any atom is 0.129 e. The van der Waals surface area contributed by atoms with Gasteiger partial charge in [0.05, 0.1) is 54.5 Å². The van der Waals surface area contributed by atoms with Gasteiger partial charge in [0.25, 0.3) is 0 Å². The topological polar surface area (TPSA) is 94.8 Å². The number of fused-ring (bicyclic) bond motifs is 3. The molecule has 0 aliphatic rings. The molecular formula is C83H61N5O3S3Zn2. The van der Waals surface area contributed by atoms with Gasteiger partial charge in [0.15, 0.2) is 0 Å². The first-order valence-electron chi connectivity index (χ1n) is 30.8. The van der Waals surface area contributed by atoms with Crippen molar-refractivity contribution >= 4 is 98.8 Å². The van der Waals surface area contributed by atoms with E-state index in [-0.39, 0.29) is 50.5 Å². The number of aryl methyl sites for hydroxylation is 1. The van der Waals surface area contributed by atoms with Crippen LogP contribution in [0, 0.1) is 6.92 Å². The molecule has 0 saturated heterocycles. The molecule has 16 aromatic rings. The third-order valence-electron chi connectivity index (χ3n) is 16.1.